The van der Waals surface area contributed by atoms with E-state index in [2.05, 4.69) is 287 Å². The van der Waals surface area contributed by atoms with Crippen LogP contribution in [0.25, 0.3) is 99.5 Å². The van der Waals surface area contributed by atoms with Crippen LogP contribution in [-0.2, 0) is 0 Å². The van der Waals surface area contributed by atoms with Gasteiger partial charge in [0, 0.05) is 50.0 Å². The average Bonchev–Trinajstić information content (AvgIpc) is 3.95. The first-order valence-electron chi connectivity index (χ1n) is 23.7. The Morgan fingerprint density at radius 1 is 0.203 bits per heavy atom. The highest BCUT2D eigenvalue weighted by Crippen LogP contribution is 2.40. The number of rotatable bonds is 9. The van der Waals surface area contributed by atoms with E-state index in [1.54, 1.807) is 0 Å². The average molecular weight is 880 g/mol. The van der Waals surface area contributed by atoms with E-state index in [1.165, 1.54) is 88.1 Å². The standard InChI is InChI=1S/C66H45N3/c1-3-13-46(14-4-1)47-23-25-48(26-24-47)50-31-36-55(37-32-50)67(57-40-42-58(43-41-57)68-63-20-10-7-17-59(63)60-18-8-11-21-64(60)68)56-38-33-51(34-39-56)49-27-29-52(30-28-49)53-35-44-62-61-19-9-12-22-65(61)69(66(62)45-53)54-15-5-2-6-16-54/h1-45H. The predicted octanol–water partition coefficient (Wildman–Crippen LogP) is 18.0. The lowest BCUT2D eigenvalue weighted by molar-refractivity contribution is 1.17. The van der Waals surface area contributed by atoms with E-state index < -0.39 is 0 Å². The summed E-state index contributed by atoms with van der Waals surface area (Å²) in [6.45, 7) is 0. The van der Waals surface area contributed by atoms with Gasteiger partial charge in [0.15, 0.2) is 0 Å². The monoisotopic (exact) mass is 879 g/mol. The first kappa shape index (κ1) is 40.1. The van der Waals surface area contributed by atoms with Gasteiger partial charge in [-0.1, -0.05) is 188 Å². The van der Waals surface area contributed by atoms with Crippen LogP contribution in [0.15, 0.2) is 273 Å². The van der Waals surface area contributed by atoms with E-state index >= 15 is 0 Å². The van der Waals surface area contributed by atoms with Gasteiger partial charge in [0.05, 0.1) is 22.1 Å². The Morgan fingerprint density at radius 2 is 0.493 bits per heavy atom. The maximum Gasteiger partial charge on any atom is 0.0547 e. The van der Waals surface area contributed by atoms with Crippen molar-refractivity contribution < 1.29 is 0 Å². The summed E-state index contributed by atoms with van der Waals surface area (Å²) in [4.78, 5) is 2.36. The fourth-order valence-corrected chi connectivity index (χ4v) is 10.4. The molecule has 2 heterocycles. The molecule has 11 aromatic carbocycles. The van der Waals surface area contributed by atoms with Gasteiger partial charge in [-0.05, 0) is 129 Å². The molecule has 69 heavy (non-hydrogen) atoms. The summed E-state index contributed by atoms with van der Waals surface area (Å²) in [5.41, 5.74) is 19.9. The van der Waals surface area contributed by atoms with Crippen LogP contribution in [0, 0.1) is 0 Å². The molecule has 0 unspecified atom stereocenters. The highest BCUT2D eigenvalue weighted by Gasteiger charge is 2.17. The lowest BCUT2D eigenvalue weighted by Gasteiger charge is -2.26. The first-order valence-corrected chi connectivity index (χ1v) is 23.7. The Kier molecular flexibility index (Phi) is 9.84. The van der Waals surface area contributed by atoms with Crippen LogP contribution in [0.2, 0.25) is 0 Å². The Hall–Kier alpha value is -9.18. The maximum absolute atomic E-state index is 2.38. The van der Waals surface area contributed by atoms with Gasteiger partial charge in [-0.3, -0.25) is 0 Å². The summed E-state index contributed by atoms with van der Waals surface area (Å²) in [5.74, 6) is 0. The number of hydrogen-bond donors (Lipinski definition) is 0. The van der Waals surface area contributed by atoms with Gasteiger partial charge in [0.25, 0.3) is 0 Å². The second kappa shape index (κ2) is 16.9. The van der Waals surface area contributed by atoms with Crippen molar-refractivity contribution in [2.45, 2.75) is 0 Å². The first-order chi connectivity index (χ1) is 34.2. The van der Waals surface area contributed by atoms with E-state index in [1.807, 2.05) is 0 Å². The normalized spacial score (nSPS) is 11.5. The highest BCUT2D eigenvalue weighted by atomic mass is 15.1. The van der Waals surface area contributed by atoms with Crippen LogP contribution < -0.4 is 4.90 Å². The molecule has 324 valence electrons. The Labute approximate surface area is 401 Å². The molecule has 0 spiro atoms. The van der Waals surface area contributed by atoms with Gasteiger partial charge < -0.3 is 14.0 Å². The lowest BCUT2D eigenvalue weighted by Crippen LogP contribution is -2.10. The van der Waals surface area contributed by atoms with Crippen molar-refractivity contribution in [3.05, 3.63) is 273 Å². The molecule has 0 fully saturated rings. The summed E-state index contributed by atoms with van der Waals surface area (Å²) < 4.78 is 4.76. The van der Waals surface area contributed by atoms with Gasteiger partial charge >= 0.3 is 0 Å². The molecule has 2 aromatic heterocycles. The molecule has 0 amide bonds. The number of para-hydroxylation sites is 4. The SMILES string of the molecule is c1ccc(-c2ccc(-c3ccc(N(c4ccc(-c5ccc(-c6ccc7c8ccccc8n(-c8ccccc8)c7c6)cc5)cc4)c4ccc(-n5c6ccccc6c6ccccc65)cc4)cc3)cc2)cc1. The maximum atomic E-state index is 2.38. The van der Waals surface area contributed by atoms with Gasteiger partial charge in [-0.15, -0.1) is 0 Å². The molecule has 0 atom stereocenters. The van der Waals surface area contributed by atoms with Gasteiger partial charge in [0.2, 0.25) is 0 Å². The summed E-state index contributed by atoms with van der Waals surface area (Å²) >= 11 is 0. The molecular formula is C66H45N3. The number of fused-ring (bicyclic) bond motifs is 6. The summed E-state index contributed by atoms with van der Waals surface area (Å²) in [6.07, 6.45) is 0. The van der Waals surface area contributed by atoms with Gasteiger partial charge in [-0.2, -0.15) is 0 Å². The predicted molar refractivity (Wildman–Crippen MR) is 292 cm³/mol. The van der Waals surface area contributed by atoms with Gasteiger partial charge in [-0.25, -0.2) is 0 Å². The largest absolute Gasteiger partial charge is 0.311 e. The van der Waals surface area contributed by atoms with Crippen LogP contribution in [0.5, 0.6) is 0 Å². The zero-order valence-corrected chi connectivity index (χ0v) is 37.8. The Balaban J connectivity index is 0.834. The van der Waals surface area contributed by atoms with Gasteiger partial charge in [0.1, 0.15) is 0 Å². The molecule has 0 N–H and O–H groups in total. The number of benzene rings is 11. The minimum atomic E-state index is 1.08. The van der Waals surface area contributed by atoms with Crippen molar-refractivity contribution in [3.8, 4) is 55.9 Å². The van der Waals surface area contributed by atoms with Crippen molar-refractivity contribution in [3.63, 3.8) is 0 Å². The molecule has 0 radical (unpaired) electrons. The molecule has 0 saturated carbocycles. The summed E-state index contributed by atoms with van der Waals surface area (Å²) in [7, 11) is 0. The highest BCUT2D eigenvalue weighted by molar-refractivity contribution is 6.11. The van der Waals surface area contributed by atoms with Crippen LogP contribution >= 0.6 is 0 Å². The molecule has 0 aliphatic heterocycles. The minimum absolute atomic E-state index is 1.08. The topological polar surface area (TPSA) is 13.1 Å². The summed E-state index contributed by atoms with van der Waals surface area (Å²) in [5, 5.41) is 5.03. The second-order valence-corrected chi connectivity index (χ2v) is 17.8. The third kappa shape index (κ3) is 7.16. The number of nitrogens with zero attached hydrogens (tertiary/aromatic N) is 3. The molecule has 3 nitrogen and oxygen atoms in total. The fourth-order valence-electron chi connectivity index (χ4n) is 10.4. The summed E-state index contributed by atoms with van der Waals surface area (Å²) in [6, 6.07) is 99.0. The van der Waals surface area contributed by atoms with E-state index in [9.17, 15) is 0 Å². The van der Waals surface area contributed by atoms with Crippen molar-refractivity contribution in [1.82, 2.24) is 9.13 Å². The molecule has 0 bridgehead atoms. The molecule has 3 heteroatoms. The van der Waals surface area contributed by atoms with Crippen LogP contribution in [-0.4, -0.2) is 9.13 Å². The number of hydrogen-bond acceptors (Lipinski definition) is 1. The zero-order valence-electron chi connectivity index (χ0n) is 37.8. The third-order valence-corrected chi connectivity index (χ3v) is 13.8. The molecule has 13 aromatic rings. The molecule has 13 rings (SSSR count). The number of anilines is 3. The second-order valence-electron chi connectivity index (χ2n) is 17.8. The van der Waals surface area contributed by atoms with Crippen molar-refractivity contribution in [2.75, 3.05) is 4.90 Å². The van der Waals surface area contributed by atoms with Crippen LogP contribution in [0.1, 0.15) is 0 Å². The van der Waals surface area contributed by atoms with Crippen molar-refractivity contribution in [1.29, 1.82) is 0 Å². The molecule has 0 aliphatic carbocycles. The minimum Gasteiger partial charge on any atom is -0.311 e. The van der Waals surface area contributed by atoms with Crippen LogP contribution in [0.3, 0.4) is 0 Å². The lowest BCUT2D eigenvalue weighted by atomic mass is 9.99. The molecule has 0 saturated heterocycles. The quantitative estimate of drug-likeness (QED) is 0.141. The fraction of sp³-hybridized carbons (Fsp3) is 0. The number of aromatic nitrogens is 2. The zero-order chi connectivity index (χ0) is 45.7. The molecular weight excluding hydrogens is 835 g/mol. The third-order valence-electron chi connectivity index (χ3n) is 13.8. The van der Waals surface area contributed by atoms with Crippen molar-refractivity contribution >= 4 is 60.7 Å². The van der Waals surface area contributed by atoms with E-state index in [-0.39, 0.29) is 0 Å². The smallest absolute Gasteiger partial charge is 0.0547 e. The van der Waals surface area contributed by atoms with E-state index in [0.717, 1.165) is 28.4 Å². The van der Waals surface area contributed by atoms with E-state index in [0.29, 0.717) is 0 Å². The molecule has 0 aliphatic rings. The Bertz CT molecular complexity index is 3890. The Morgan fingerprint density at radius 3 is 0.942 bits per heavy atom. The van der Waals surface area contributed by atoms with Crippen LogP contribution in [0.4, 0.5) is 17.1 Å². The van der Waals surface area contributed by atoms with E-state index in [4.69, 9.17) is 0 Å². The van der Waals surface area contributed by atoms with Crippen molar-refractivity contribution in [2.24, 2.45) is 0 Å².